The van der Waals surface area contributed by atoms with Crippen LogP contribution in [0.25, 0.3) is 0 Å². The van der Waals surface area contributed by atoms with Gasteiger partial charge in [0.1, 0.15) is 0 Å². The number of nitrogens with zero attached hydrogens (tertiary/aromatic N) is 1. The van der Waals surface area contributed by atoms with Gasteiger partial charge in [-0.25, -0.2) is 0 Å². The molecule has 1 aliphatic heterocycles. The van der Waals surface area contributed by atoms with Gasteiger partial charge in [0, 0.05) is 35.7 Å². The van der Waals surface area contributed by atoms with Gasteiger partial charge in [0.05, 0.1) is 5.92 Å². The molecule has 4 rings (SSSR count). The first kappa shape index (κ1) is 21.6. The monoisotopic (exact) mass is 427 g/mol. The van der Waals surface area contributed by atoms with Crippen molar-refractivity contribution >= 4 is 34.6 Å². The molecular weight excluding hydrogens is 398 g/mol. The highest BCUT2D eigenvalue weighted by Gasteiger charge is 2.35. The van der Waals surface area contributed by atoms with Gasteiger partial charge in [-0.2, -0.15) is 0 Å². The molecule has 32 heavy (non-hydrogen) atoms. The van der Waals surface area contributed by atoms with E-state index in [1.165, 1.54) is 5.56 Å². The van der Waals surface area contributed by atoms with E-state index in [4.69, 9.17) is 0 Å². The zero-order valence-corrected chi connectivity index (χ0v) is 18.8. The molecule has 1 aliphatic rings. The number of rotatable bonds is 6. The summed E-state index contributed by atoms with van der Waals surface area (Å²) in [5.74, 6) is -0.493. The van der Waals surface area contributed by atoms with Gasteiger partial charge >= 0.3 is 0 Å². The molecule has 0 spiro atoms. The third kappa shape index (κ3) is 4.67. The van der Waals surface area contributed by atoms with E-state index in [1.807, 2.05) is 68.4 Å². The molecule has 2 N–H and O–H groups in total. The van der Waals surface area contributed by atoms with Crippen molar-refractivity contribution in [2.75, 3.05) is 22.1 Å². The first-order valence-corrected chi connectivity index (χ1v) is 11.1. The van der Waals surface area contributed by atoms with Gasteiger partial charge in [-0.05, 0) is 73.4 Å². The number of carbonyl (C=O) groups is 2. The molecule has 0 saturated carbocycles. The molecule has 0 aliphatic carbocycles. The van der Waals surface area contributed by atoms with Gasteiger partial charge in [0.15, 0.2) is 0 Å². The highest BCUT2D eigenvalue weighted by Crippen LogP contribution is 2.30. The Kier molecular flexibility index (Phi) is 6.26. The van der Waals surface area contributed by atoms with Crippen LogP contribution in [0.2, 0.25) is 0 Å². The molecule has 1 unspecified atom stereocenters. The number of anilines is 4. The predicted molar refractivity (Wildman–Crippen MR) is 131 cm³/mol. The van der Waals surface area contributed by atoms with E-state index in [-0.39, 0.29) is 24.2 Å². The van der Waals surface area contributed by atoms with Crippen LogP contribution in [0.4, 0.5) is 22.7 Å². The van der Waals surface area contributed by atoms with Crippen LogP contribution in [-0.4, -0.2) is 18.4 Å². The molecule has 1 fully saturated rings. The quantitative estimate of drug-likeness (QED) is 0.538. The highest BCUT2D eigenvalue weighted by molar-refractivity contribution is 6.04. The molecule has 164 valence electrons. The molecule has 0 radical (unpaired) electrons. The Morgan fingerprint density at radius 2 is 1.72 bits per heavy atom. The highest BCUT2D eigenvalue weighted by atomic mass is 16.2. The van der Waals surface area contributed by atoms with E-state index in [9.17, 15) is 9.59 Å². The minimum absolute atomic E-state index is 0.00649. The fourth-order valence-electron chi connectivity index (χ4n) is 4.11. The van der Waals surface area contributed by atoms with Crippen LogP contribution >= 0.6 is 0 Å². The van der Waals surface area contributed by atoms with Gasteiger partial charge in [-0.3, -0.25) is 9.59 Å². The Balaban J connectivity index is 1.40. The summed E-state index contributed by atoms with van der Waals surface area (Å²) in [5, 5.41) is 6.41. The Morgan fingerprint density at radius 3 is 2.47 bits per heavy atom. The van der Waals surface area contributed by atoms with E-state index >= 15 is 0 Å². The van der Waals surface area contributed by atoms with E-state index in [2.05, 4.69) is 29.7 Å². The maximum atomic E-state index is 12.8. The van der Waals surface area contributed by atoms with Crippen molar-refractivity contribution in [1.29, 1.82) is 0 Å². The molecule has 3 aromatic rings. The largest absolute Gasteiger partial charge is 0.355 e. The van der Waals surface area contributed by atoms with Crippen molar-refractivity contribution < 1.29 is 9.59 Å². The predicted octanol–water partition coefficient (Wildman–Crippen LogP) is 5.60. The molecule has 0 aromatic heterocycles. The maximum absolute atomic E-state index is 12.8. The lowest BCUT2D eigenvalue weighted by Crippen LogP contribution is -2.28. The number of nitrogens with one attached hydrogen (secondary N) is 2. The standard InChI is InChI=1S/C27H29N3O2/c1-4-20-7-5-6-8-24(20)28-22-11-13-23(14-12-22)29-27(32)21-16-26(31)30(17-21)25-15-18(2)9-10-19(25)3/h5-15,21,28H,4,16-17H2,1-3H3,(H,29,32). The van der Waals surface area contributed by atoms with Crippen molar-refractivity contribution in [3.8, 4) is 0 Å². The number of aryl methyl sites for hydroxylation is 3. The van der Waals surface area contributed by atoms with Crippen molar-refractivity contribution in [3.05, 3.63) is 83.4 Å². The summed E-state index contributed by atoms with van der Waals surface area (Å²) in [6.07, 6.45) is 1.18. The molecule has 3 aromatic carbocycles. The van der Waals surface area contributed by atoms with Gasteiger partial charge in [0.2, 0.25) is 11.8 Å². The van der Waals surface area contributed by atoms with Crippen molar-refractivity contribution in [3.63, 3.8) is 0 Å². The topological polar surface area (TPSA) is 61.4 Å². The number of hydrogen-bond acceptors (Lipinski definition) is 3. The first-order valence-electron chi connectivity index (χ1n) is 11.1. The molecule has 2 amide bonds. The van der Waals surface area contributed by atoms with Crippen molar-refractivity contribution in [1.82, 2.24) is 0 Å². The lowest BCUT2D eigenvalue weighted by Gasteiger charge is -2.19. The smallest absolute Gasteiger partial charge is 0.229 e. The average Bonchev–Trinajstić information content (AvgIpc) is 3.18. The molecule has 5 heteroatoms. The number of amides is 2. The van der Waals surface area contributed by atoms with Crippen LogP contribution in [0.15, 0.2) is 66.7 Å². The van der Waals surface area contributed by atoms with Gasteiger partial charge < -0.3 is 15.5 Å². The van der Waals surface area contributed by atoms with E-state index < -0.39 is 0 Å². The zero-order chi connectivity index (χ0) is 22.7. The molecule has 0 bridgehead atoms. The Labute approximate surface area is 189 Å². The zero-order valence-electron chi connectivity index (χ0n) is 18.8. The summed E-state index contributed by atoms with van der Waals surface area (Å²) in [6.45, 7) is 6.54. The normalized spacial score (nSPS) is 15.7. The number of hydrogen-bond donors (Lipinski definition) is 2. The summed E-state index contributed by atoms with van der Waals surface area (Å²) < 4.78 is 0. The first-order chi connectivity index (χ1) is 15.4. The van der Waals surface area contributed by atoms with E-state index in [0.717, 1.165) is 40.3 Å². The number of para-hydroxylation sites is 1. The fourth-order valence-corrected chi connectivity index (χ4v) is 4.11. The molecule has 5 nitrogen and oxygen atoms in total. The van der Waals surface area contributed by atoms with Gasteiger partial charge in [0.25, 0.3) is 0 Å². The summed E-state index contributed by atoms with van der Waals surface area (Å²) in [7, 11) is 0. The van der Waals surface area contributed by atoms with E-state index in [1.54, 1.807) is 4.90 Å². The van der Waals surface area contributed by atoms with Crippen LogP contribution < -0.4 is 15.5 Å². The molecule has 1 saturated heterocycles. The number of benzene rings is 3. The third-order valence-electron chi connectivity index (χ3n) is 5.98. The van der Waals surface area contributed by atoms with E-state index in [0.29, 0.717) is 6.54 Å². The van der Waals surface area contributed by atoms with Crippen LogP contribution in [0.5, 0.6) is 0 Å². The van der Waals surface area contributed by atoms with Crippen LogP contribution in [0.3, 0.4) is 0 Å². The summed E-state index contributed by atoms with van der Waals surface area (Å²) in [5.41, 5.74) is 7.06. The van der Waals surface area contributed by atoms with Gasteiger partial charge in [-0.15, -0.1) is 0 Å². The van der Waals surface area contributed by atoms with Gasteiger partial charge in [-0.1, -0.05) is 37.3 Å². The number of carbonyl (C=O) groups excluding carboxylic acids is 2. The van der Waals surface area contributed by atoms with Crippen LogP contribution in [0, 0.1) is 19.8 Å². The summed E-state index contributed by atoms with van der Waals surface area (Å²) in [6, 6.07) is 21.9. The Hall–Kier alpha value is -3.60. The molecule has 1 heterocycles. The average molecular weight is 428 g/mol. The minimum atomic E-state index is -0.364. The molecular formula is C27H29N3O2. The lowest BCUT2D eigenvalue weighted by molar-refractivity contribution is -0.122. The van der Waals surface area contributed by atoms with Crippen molar-refractivity contribution in [2.45, 2.75) is 33.6 Å². The van der Waals surface area contributed by atoms with Crippen molar-refractivity contribution in [2.24, 2.45) is 5.92 Å². The summed E-state index contributed by atoms with van der Waals surface area (Å²) in [4.78, 5) is 27.2. The minimum Gasteiger partial charge on any atom is -0.355 e. The van der Waals surface area contributed by atoms with Crippen LogP contribution in [-0.2, 0) is 16.0 Å². The maximum Gasteiger partial charge on any atom is 0.229 e. The van der Waals surface area contributed by atoms with Crippen LogP contribution in [0.1, 0.15) is 30.0 Å². The summed E-state index contributed by atoms with van der Waals surface area (Å²) >= 11 is 0. The lowest BCUT2D eigenvalue weighted by atomic mass is 10.1. The fraction of sp³-hybridized carbons (Fsp3) is 0.259. The Morgan fingerprint density at radius 1 is 1.00 bits per heavy atom. The Bertz CT molecular complexity index is 1140. The second-order valence-electron chi connectivity index (χ2n) is 8.40. The second kappa shape index (κ2) is 9.27. The SMILES string of the molecule is CCc1ccccc1Nc1ccc(NC(=O)C2CC(=O)N(c3cc(C)ccc3C)C2)cc1. The molecule has 1 atom stereocenters. The second-order valence-corrected chi connectivity index (χ2v) is 8.40. The third-order valence-corrected chi connectivity index (χ3v) is 5.98.